The van der Waals surface area contributed by atoms with E-state index in [0.29, 0.717) is 13.1 Å². The van der Waals surface area contributed by atoms with Crippen LogP contribution >= 0.6 is 15.9 Å². The molecule has 1 aliphatic rings. The predicted octanol–water partition coefficient (Wildman–Crippen LogP) is 2.62. The van der Waals surface area contributed by atoms with E-state index in [1.807, 2.05) is 19.1 Å². The van der Waals surface area contributed by atoms with E-state index in [-0.39, 0.29) is 17.8 Å². The summed E-state index contributed by atoms with van der Waals surface area (Å²) in [5, 5.41) is 2.99. The van der Waals surface area contributed by atoms with E-state index >= 15 is 0 Å². The minimum atomic E-state index is -0.172. The van der Waals surface area contributed by atoms with Crippen LogP contribution < -0.4 is 5.32 Å². The van der Waals surface area contributed by atoms with E-state index in [9.17, 15) is 9.18 Å². The van der Waals surface area contributed by atoms with E-state index in [4.69, 9.17) is 0 Å². The zero-order valence-electron chi connectivity index (χ0n) is 13.8. The summed E-state index contributed by atoms with van der Waals surface area (Å²) in [7, 11) is 0. The van der Waals surface area contributed by atoms with Crippen LogP contribution in [-0.2, 0) is 11.3 Å². The van der Waals surface area contributed by atoms with Gasteiger partial charge >= 0.3 is 0 Å². The van der Waals surface area contributed by atoms with Crippen LogP contribution in [0.3, 0.4) is 0 Å². The van der Waals surface area contributed by atoms with Gasteiger partial charge in [-0.1, -0.05) is 28.9 Å². The monoisotopic (exact) mass is 385 g/mol. The summed E-state index contributed by atoms with van der Waals surface area (Å²) in [6.45, 7) is 8.53. The normalized spacial score (nSPS) is 17.9. The Morgan fingerprint density at radius 3 is 2.57 bits per heavy atom. The highest BCUT2D eigenvalue weighted by molar-refractivity contribution is 9.10. The third kappa shape index (κ3) is 5.86. The third-order valence-electron chi connectivity index (χ3n) is 4.26. The number of hydrogen-bond acceptors (Lipinski definition) is 3. The standard InChI is InChI=1S/C17H25BrFN3O/c1-3-13(2)20-17(23)12-22-8-6-21(7-9-22)11-14-4-5-15(18)10-16(14)19/h4-5,10,13H,3,6-9,11-12H2,1-2H3,(H,20,23). The molecule has 1 atom stereocenters. The van der Waals surface area contributed by atoms with Gasteiger partial charge in [-0.05, 0) is 25.5 Å². The molecule has 1 amide bonds. The fourth-order valence-electron chi connectivity index (χ4n) is 2.62. The molecule has 0 radical (unpaired) electrons. The number of hydrogen-bond donors (Lipinski definition) is 1. The minimum absolute atomic E-state index is 0.0896. The van der Waals surface area contributed by atoms with E-state index < -0.39 is 0 Å². The van der Waals surface area contributed by atoms with Crippen molar-refractivity contribution in [1.82, 2.24) is 15.1 Å². The lowest BCUT2D eigenvalue weighted by atomic mass is 10.2. The molecule has 23 heavy (non-hydrogen) atoms. The number of benzene rings is 1. The molecule has 1 aromatic carbocycles. The van der Waals surface area contributed by atoms with Crippen molar-refractivity contribution in [2.75, 3.05) is 32.7 Å². The van der Waals surface area contributed by atoms with Gasteiger partial charge in [-0.3, -0.25) is 14.6 Å². The Bertz CT molecular complexity index is 533. The highest BCUT2D eigenvalue weighted by Crippen LogP contribution is 2.17. The smallest absolute Gasteiger partial charge is 0.234 e. The molecule has 1 N–H and O–H groups in total. The highest BCUT2D eigenvalue weighted by atomic mass is 79.9. The maximum Gasteiger partial charge on any atom is 0.234 e. The van der Waals surface area contributed by atoms with Crippen LogP contribution in [0, 0.1) is 5.82 Å². The zero-order chi connectivity index (χ0) is 16.8. The van der Waals surface area contributed by atoms with E-state index in [0.717, 1.165) is 42.6 Å². The number of halogens is 2. The van der Waals surface area contributed by atoms with Gasteiger partial charge in [0.2, 0.25) is 5.91 Å². The molecule has 2 rings (SSSR count). The van der Waals surface area contributed by atoms with Crippen molar-refractivity contribution in [3.8, 4) is 0 Å². The number of amides is 1. The van der Waals surface area contributed by atoms with Gasteiger partial charge in [0, 0.05) is 48.8 Å². The Kier molecular flexibility index (Phi) is 6.99. The molecule has 128 valence electrons. The molecular weight excluding hydrogens is 361 g/mol. The number of nitrogens with zero attached hydrogens (tertiary/aromatic N) is 2. The van der Waals surface area contributed by atoms with Gasteiger partial charge in [0.15, 0.2) is 0 Å². The first kappa shape index (κ1) is 18.4. The first-order valence-electron chi connectivity index (χ1n) is 8.16. The molecule has 0 bridgehead atoms. The van der Waals surface area contributed by atoms with Crippen LogP contribution in [0.25, 0.3) is 0 Å². The Morgan fingerprint density at radius 1 is 1.30 bits per heavy atom. The Hall–Kier alpha value is -0.980. The van der Waals surface area contributed by atoms with Crippen LogP contribution in [0.15, 0.2) is 22.7 Å². The molecule has 1 saturated heterocycles. The van der Waals surface area contributed by atoms with Crippen LogP contribution in [0.1, 0.15) is 25.8 Å². The van der Waals surface area contributed by atoms with Gasteiger partial charge in [-0.15, -0.1) is 0 Å². The van der Waals surface area contributed by atoms with Gasteiger partial charge in [0.1, 0.15) is 5.82 Å². The Morgan fingerprint density at radius 2 is 1.96 bits per heavy atom. The lowest BCUT2D eigenvalue weighted by molar-refractivity contribution is -0.123. The second-order valence-electron chi connectivity index (χ2n) is 6.16. The Labute approximate surface area is 146 Å². The molecular formula is C17H25BrFN3O. The lowest BCUT2D eigenvalue weighted by Gasteiger charge is -2.34. The molecule has 0 saturated carbocycles. The number of piperazine rings is 1. The van der Waals surface area contributed by atoms with Crippen molar-refractivity contribution in [3.05, 3.63) is 34.1 Å². The minimum Gasteiger partial charge on any atom is -0.353 e. The average Bonchev–Trinajstić information content (AvgIpc) is 2.51. The quantitative estimate of drug-likeness (QED) is 0.817. The Balaban J connectivity index is 1.76. The highest BCUT2D eigenvalue weighted by Gasteiger charge is 2.20. The average molecular weight is 386 g/mol. The fraction of sp³-hybridized carbons (Fsp3) is 0.588. The number of rotatable bonds is 6. The molecule has 4 nitrogen and oxygen atoms in total. The van der Waals surface area contributed by atoms with Crippen LogP contribution in [-0.4, -0.2) is 54.5 Å². The second-order valence-corrected chi connectivity index (χ2v) is 7.08. The van der Waals surface area contributed by atoms with Gasteiger partial charge in [-0.25, -0.2) is 4.39 Å². The summed E-state index contributed by atoms with van der Waals surface area (Å²) in [5.74, 6) is -0.0820. The van der Waals surface area contributed by atoms with Crippen LogP contribution in [0.2, 0.25) is 0 Å². The van der Waals surface area contributed by atoms with E-state index in [2.05, 4.69) is 38.0 Å². The summed E-state index contributed by atoms with van der Waals surface area (Å²) in [6, 6.07) is 5.42. The molecule has 1 aromatic rings. The number of carbonyl (C=O) groups excluding carboxylic acids is 1. The SMILES string of the molecule is CCC(C)NC(=O)CN1CCN(Cc2ccc(Br)cc2F)CC1. The maximum absolute atomic E-state index is 13.9. The first-order chi connectivity index (χ1) is 11.0. The topological polar surface area (TPSA) is 35.6 Å². The molecule has 1 unspecified atom stereocenters. The molecule has 0 aliphatic carbocycles. The summed E-state index contributed by atoms with van der Waals surface area (Å²) < 4.78 is 14.6. The fourth-order valence-corrected chi connectivity index (χ4v) is 2.96. The maximum atomic E-state index is 13.9. The second kappa shape index (κ2) is 8.76. The van der Waals surface area contributed by atoms with Crippen molar-refractivity contribution in [1.29, 1.82) is 0 Å². The van der Waals surface area contributed by atoms with Gasteiger partial charge < -0.3 is 5.32 Å². The number of carbonyl (C=O) groups is 1. The molecule has 0 spiro atoms. The van der Waals surface area contributed by atoms with Gasteiger partial charge in [0.05, 0.1) is 6.54 Å². The molecule has 1 fully saturated rings. The first-order valence-corrected chi connectivity index (χ1v) is 8.95. The van der Waals surface area contributed by atoms with E-state index in [1.165, 1.54) is 6.07 Å². The lowest BCUT2D eigenvalue weighted by Crippen LogP contribution is -2.49. The molecule has 0 aromatic heterocycles. The van der Waals surface area contributed by atoms with Crippen molar-refractivity contribution in [2.24, 2.45) is 0 Å². The van der Waals surface area contributed by atoms with Crippen molar-refractivity contribution >= 4 is 21.8 Å². The molecule has 6 heteroatoms. The largest absolute Gasteiger partial charge is 0.353 e. The van der Waals surface area contributed by atoms with Crippen molar-refractivity contribution in [3.63, 3.8) is 0 Å². The van der Waals surface area contributed by atoms with Crippen LogP contribution in [0.4, 0.5) is 4.39 Å². The third-order valence-corrected chi connectivity index (χ3v) is 4.75. The zero-order valence-corrected chi connectivity index (χ0v) is 15.4. The molecule has 1 heterocycles. The summed E-state index contributed by atoms with van der Waals surface area (Å²) >= 11 is 3.28. The van der Waals surface area contributed by atoms with Crippen molar-refractivity contribution < 1.29 is 9.18 Å². The van der Waals surface area contributed by atoms with Gasteiger partial charge in [-0.2, -0.15) is 0 Å². The van der Waals surface area contributed by atoms with Crippen molar-refractivity contribution in [2.45, 2.75) is 32.9 Å². The number of nitrogens with one attached hydrogen (secondary N) is 1. The molecule has 1 aliphatic heterocycles. The van der Waals surface area contributed by atoms with Crippen LogP contribution in [0.5, 0.6) is 0 Å². The summed E-state index contributed by atoms with van der Waals surface area (Å²) in [5.41, 5.74) is 0.719. The summed E-state index contributed by atoms with van der Waals surface area (Å²) in [4.78, 5) is 16.3. The predicted molar refractivity (Wildman–Crippen MR) is 93.7 cm³/mol. The summed E-state index contributed by atoms with van der Waals surface area (Å²) in [6.07, 6.45) is 0.943. The van der Waals surface area contributed by atoms with Gasteiger partial charge in [0.25, 0.3) is 0 Å². The van der Waals surface area contributed by atoms with E-state index in [1.54, 1.807) is 0 Å².